The molecule has 2 amide bonds. The Balaban J connectivity index is 1.48. The first-order valence-electron chi connectivity index (χ1n) is 16.1. The molecule has 0 bridgehead atoms. The van der Waals surface area contributed by atoms with Crippen LogP contribution in [0.15, 0.2) is 0 Å². The smallest absolute Gasteiger partial charge is 0.217 e. The maximum atomic E-state index is 12.1. The van der Waals surface area contributed by atoms with Crippen molar-refractivity contribution in [1.29, 1.82) is 0 Å². The maximum Gasteiger partial charge on any atom is 0.217 e. The Morgan fingerprint density at radius 3 is 1.41 bits per heavy atom. The summed E-state index contributed by atoms with van der Waals surface area (Å²) in [5.74, 6) is -1.36. The van der Waals surface area contributed by atoms with Crippen LogP contribution in [0.3, 0.4) is 0 Å². The van der Waals surface area contributed by atoms with E-state index >= 15 is 0 Å². The summed E-state index contributed by atoms with van der Waals surface area (Å²) in [6.07, 6.45) is -30.8. The van der Waals surface area contributed by atoms with Gasteiger partial charge in [-0.15, -0.1) is 0 Å². The van der Waals surface area contributed by atoms with Crippen molar-refractivity contribution < 1.29 is 104 Å². The third kappa shape index (κ3) is 9.29. The summed E-state index contributed by atoms with van der Waals surface area (Å²) in [6, 6.07) is -2.94. The van der Waals surface area contributed by atoms with Crippen molar-refractivity contribution in [2.24, 2.45) is 0 Å². The number of amides is 2. The lowest BCUT2D eigenvalue weighted by Crippen LogP contribution is -2.68. The van der Waals surface area contributed by atoms with E-state index in [1.54, 1.807) is 0 Å². The van der Waals surface area contributed by atoms with Gasteiger partial charge >= 0.3 is 0 Å². The largest absolute Gasteiger partial charge is 0.394 e. The number of carbonyl (C=O) groups excluding carboxylic acids is 2. The van der Waals surface area contributed by atoms with Crippen LogP contribution in [0.1, 0.15) is 13.8 Å². The van der Waals surface area contributed by atoms with Gasteiger partial charge in [0.25, 0.3) is 0 Å². The van der Waals surface area contributed by atoms with Crippen molar-refractivity contribution in [1.82, 2.24) is 10.6 Å². The van der Waals surface area contributed by atoms with Crippen molar-refractivity contribution in [2.45, 2.75) is 137 Å². The molecular formula is C28H48N2O21. The molecule has 0 spiro atoms. The van der Waals surface area contributed by atoms with Gasteiger partial charge in [-0.3, -0.25) is 9.59 Å². The lowest BCUT2D eigenvalue weighted by molar-refractivity contribution is -0.360. The number of hydrogen-bond donors (Lipinski definition) is 14. The Morgan fingerprint density at radius 2 is 0.922 bits per heavy atom. The summed E-state index contributed by atoms with van der Waals surface area (Å²) in [6.45, 7) is -0.985. The molecule has 51 heavy (non-hydrogen) atoms. The van der Waals surface area contributed by atoms with Crippen molar-refractivity contribution in [3.8, 4) is 0 Å². The van der Waals surface area contributed by atoms with Gasteiger partial charge in [0, 0.05) is 13.8 Å². The number of rotatable bonds is 12. The van der Waals surface area contributed by atoms with E-state index in [2.05, 4.69) is 10.6 Å². The van der Waals surface area contributed by atoms with Gasteiger partial charge in [0.2, 0.25) is 11.8 Å². The molecule has 4 saturated heterocycles. The standard InChI is InChI=1S/C28H48N2O21/c1-7(34)29-13-17(38)23(10(4-32)46-25(13)44)50-28-22(43)20(41)16(37)12(49-28)6-45-26-14(30-8(2)35)18(39)24(11(5-33)48-26)51-27-21(42)19(40)15(36)9(3-31)47-27/h9-28,31-33,36-44H,3-6H2,1-2H3,(H,29,34)(H,30,35)/t9-,10-,11-,12-,13-,14-,15+,16+,17-,18-,19+,20+,21-,22-,23-,24-,25?,26-,27+,28+/m1/s1. The zero-order valence-electron chi connectivity index (χ0n) is 27.4. The van der Waals surface area contributed by atoms with Gasteiger partial charge in [-0.05, 0) is 0 Å². The Labute approximate surface area is 289 Å². The van der Waals surface area contributed by atoms with Crippen LogP contribution in [0.5, 0.6) is 0 Å². The fraction of sp³-hybridized carbons (Fsp3) is 0.929. The topological polar surface area (TPSA) is 366 Å². The molecule has 0 radical (unpaired) electrons. The van der Waals surface area contributed by atoms with Crippen LogP contribution in [0, 0.1) is 0 Å². The van der Waals surface area contributed by atoms with Crippen LogP contribution >= 0.6 is 0 Å². The molecule has 14 N–H and O–H groups in total. The third-order valence-corrected chi connectivity index (χ3v) is 8.99. The zero-order valence-corrected chi connectivity index (χ0v) is 27.4. The van der Waals surface area contributed by atoms with E-state index in [-0.39, 0.29) is 0 Å². The highest BCUT2D eigenvalue weighted by atomic mass is 16.8. The van der Waals surface area contributed by atoms with Crippen molar-refractivity contribution in [3.63, 3.8) is 0 Å². The normalized spacial score (nSPS) is 47.8. The third-order valence-electron chi connectivity index (χ3n) is 8.99. The predicted octanol–water partition coefficient (Wildman–Crippen LogP) is -9.46. The molecule has 0 saturated carbocycles. The van der Waals surface area contributed by atoms with E-state index < -0.39 is 161 Å². The number of carbonyl (C=O) groups is 2. The summed E-state index contributed by atoms with van der Waals surface area (Å²) in [4.78, 5) is 23.7. The molecule has 4 heterocycles. The van der Waals surface area contributed by atoms with E-state index in [0.29, 0.717) is 0 Å². The second-order valence-corrected chi connectivity index (χ2v) is 12.7. The van der Waals surface area contributed by atoms with E-state index in [0.717, 1.165) is 13.8 Å². The number of nitrogens with one attached hydrogen (secondary N) is 2. The Kier molecular flexibility index (Phi) is 14.8. The highest BCUT2D eigenvalue weighted by molar-refractivity contribution is 5.73. The van der Waals surface area contributed by atoms with Gasteiger partial charge in [0.05, 0.1) is 26.4 Å². The van der Waals surface area contributed by atoms with Gasteiger partial charge in [-0.25, -0.2) is 0 Å². The van der Waals surface area contributed by atoms with Crippen molar-refractivity contribution in [2.75, 3.05) is 26.4 Å². The zero-order chi connectivity index (χ0) is 37.9. The Bertz CT molecular complexity index is 1140. The molecule has 4 rings (SSSR count). The molecule has 1 unspecified atom stereocenters. The quantitative estimate of drug-likeness (QED) is 0.0881. The predicted molar refractivity (Wildman–Crippen MR) is 157 cm³/mol. The van der Waals surface area contributed by atoms with Gasteiger partial charge in [-0.2, -0.15) is 0 Å². The Morgan fingerprint density at radius 1 is 0.510 bits per heavy atom. The van der Waals surface area contributed by atoms with E-state index in [1.165, 1.54) is 0 Å². The average Bonchev–Trinajstić information content (AvgIpc) is 3.09. The minimum absolute atomic E-state index is 0.657. The fourth-order valence-electron chi connectivity index (χ4n) is 6.25. The van der Waals surface area contributed by atoms with Crippen LogP contribution in [-0.4, -0.2) is 222 Å². The van der Waals surface area contributed by atoms with E-state index in [9.17, 15) is 70.9 Å². The molecule has 23 heteroatoms. The summed E-state index contributed by atoms with van der Waals surface area (Å²) in [5.41, 5.74) is 0. The minimum Gasteiger partial charge on any atom is -0.394 e. The maximum absolute atomic E-state index is 12.1. The highest BCUT2D eigenvalue weighted by Gasteiger charge is 2.54. The summed E-state index contributed by atoms with van der Waals surface area (Å²) < 4.78 is 38.9. The fourth-order valence-corrected chi connectivity index (χ4v) is 6.25. The molecular weight excluding hydrogens is 700 g/mol. The van der Waals surface area contributed by atoms with Crippen LogP contribution in [0.2, 0.25) is 0 Å². The molecule has 4 aliphatic rings. The number of ether oxygens (including phenoxy) is 7. The summed E-state index contributed by atoms with van der Waals surface area (Å²) >= 11 is 0. The summed E-state index contributed by atoms with van der Waals surface area (Å²) in [5, 5.41) is 129. The molecule has 296 valence electrons. The van der Waals surface area contributed by atoms with Crippen LogP contribution in [0.25, 0.3) is 0 Å². The minimum atomic E-state index is -1.96. The van der Waals surface area contributed by atoms with Crippen LogP contribution in [-0.2, 0) is 42.7 Å². The monoisotopic (exact) mass is 748 g/mol. The van der Waals surface area contributed by atoms with E-state index in [1.807, 2.05) is 0 Å². The molecule has 0 aromatic heterocycles. The molecule has 0 aromatic carbocycles. The number of aliphatic hydroxyl groups is 12. The lowest BCUT2D eigenvalue weighted by Gasteiger charge is -2.48. The lowest BCUT2D eigenvalue weighted by atomic mass is 9.95. The number of aliphatic hydroxyl groups excluding tert-OH is 12. The van der Waals surface area contributed by atoms with Gasteiger partial charge in [0.15, 0.2) is 25.2 Å². The summed E-state index contributed by atoms with van der Waals surface area (Å²) in [7, 11) is 0. The molecule has 4 aliphatic heterocycles. The Hall–Kier alpha value is -1.82. The molecule has 0 aliphatic carbocycles. The molecule has 0 aromatic rings. The van der Waals surface area contributed by atoms with Crippen molar-refractivity contribution >= 4 is 11.8 Å². The average molecular weight is 749 g/mol. The van der Waals surface area contributed by atoms with Gasteiger partial charge in [0.1, 0.15) is 97.5 Å². The van der Waals surface area contributed by atoms with E-state index in [4.69, 9.17) is 33.2 Å². The van der Waals surface area contributed by atoms with Crippen molar-refractivity contribution in [3.05, 3.63) is 0 Å². The first kappa shape index (κ1) is 41.9. The SMILES string of the molecule is CC(=O)N[C@H]1[C@H](OC[C@H]2O[C@@H](O[C@H]3[C@H](O)[C@@H](NC(C)=O)C(O)O[C@@H]3CO)[C@H](O)[C@@H](O)[C@H]2O)O[C@H](CO)[C@@H](O[C@@H]2O[C@H](CO)[C@H](O)[C@H](O)[C@H]2O)[C@@H]1O. The van der Waals surface area contributed by atoms with Crippen LogP contribution in [0.4, 0.5) is 0 Å². The number of hydrogen-bond acceptors (Lipinski definition) is 21. The van der Waals surface area contributed by atoms with Gasteiger partial charge in [-0.1, -0.05) is 0 Å². The molecule has 4 fully saturated rings. The molecule has 23 nitrogen and oxygen atoms in total. The molecule has 20 atom stereocenters. The first-order valence-corrected chi connectivity index (χ1v) is 16.1. The van der Waals surface area contributed by atoms with Gasteiger partial charge < -0.3 is 105 Å². The second-order valence-electron chi connectivity index (χ2n) is 12.7. The first-order chi connectivity index (χ1) is 24.0. The highest BCUT2D eigenvalue weighted by Crippen LogP contribution is 2.32. The van der Waals surface area contributed by atoms with Crippen LogP contribution < -0.4 is 10.6 Å². The second kappa shape index (κ2) is 18.0.